The van der Waals surface area contributed by atoms with Gasteiger partial charge < -0.3 is 0 Å². The van der Waals surface area contributed by atoms with Crippen molar-refractivity contribution in [2.75, 3.05) is 0 Å². The predicted molar refractivity (Wildman–Crippen MR) is 79.8 cm³/mol. The third-order valence-electron chi connectivity index (χ3n) is 5.14. The highest BCUT2D eigenvalue weighted by Gasteiger charge is 2.26. The standard InChI is InChI=1S/C17H26N2/c18-19-16(11-13-5-3-6-13)12-15-9-4-8-14-7-1-2-10-17(14)15/h1-2,7,10,13,15-16,19H,3-6,8-9,11-12,18H2. The second-order valence-electron chi connectivity index (χ2n) is 6.42. The van der Waals surface area contributed by atoms with Gasteiger partial charge in [-0.25, -0.2) is 0 Å². The van der Waals surface area contributed by atoms with Crippen molar-refractivity contribution in [1.82, 2.24) is 5.43 Å². The van der Waals surface area contributed by atoms with Crippen molar-refractivity contribution >= 4 is 0 Å². The van der Waals surface area contributed by atoms with Gasteiger partial charge in [0.1, 0.15) is 0 Å². The molecule has 1 aromatic carbocycles. The maximum atomic E-state index is 5.79. The first-order chi connectivity index (χ1) is 9.36. The lowest BCUT2D eigenvalue weighted by Gasteiger charge is -2.33. The molecule has 1 fully saturated rings. The number of nitrogens with two attached hydrogens (primary N) is 1. The quantitative estimate of drug-likeness (QED) is 0.626. The van der Waals surface area contributed by atoms with Crippen molar-refractivity contribution in [1.29, 1.82) is 0 Å². The highest BCUT2D eigenvalue weighted by Crippen LogP contribution is 2.37. The number of nitrogens with one attached hydrogen (secondary N) is 1. The summed E-state index contributed by atoms with van der Waals surface area (Å²) in [4.78, 5) is 0. The number of fused-ring (bicyclic) bond motifs is 1. The van der Waals surface area contributed by atoms with E-state index in [0.717, 1.165) is 5.92 Å². The Labute approximate surface area is 116 Å². The minimum absolute atomic E-state index is 0.501. The lowest BCUT2D eigenvalue weighted by atomic mass is 9.76. The van der Waals surface area contributed by atoms with E-state index in [1.165, 1.54) is 51.4 Å². The largest absolute Gasteiger partial charge is 0.271 e. The van der Waals surface area contributed by atoms with Crippen LogP contribution in [0.5, 0.6) is 0 Å². The first-order valence-electron chi connectivity index (χ1n) is 7.90. The highest BCUT2D eigenvalue weighted by atomic mass is 15.2. The van der Waals surface area contributed by atoms with Crippen molar-refractivity contribution in [2.24, 2.45) is 11.8 Å². The molecular formula is C17H26N2. The van der Waals surface area contributed by atoms with E-state index >= 15 is 0 Å². The van der Waals surface area contributed by atoms with Gasteiger partial charge in [-0.2, -0.15) is 0 Å². The van der Waals surface area contributed by atoms with Gasteiger partial charge in [0.2, 0.25) is 0 Å². The molecule has 104 valence electrons. The Kier molecular flexibility index (Phi) is 4.19. The molecule has 2 aliphatic rings. The van der Waals surface area contributed by atoms with Crippen molar-refractivity contribution in [3.05, 3.63) is 35.4 Å². The summed E-state index contributed by atoms with van der Waals surface area (Å²) >= 11 is 0. The molecule has 1 aromatic rings. The number of hydrazine groups is 1. The SMILES string of the molecule is NNC(CC1CCC1)CC1CCCc2ccccc21. The fourth-order valence-corrected chi connectivity index (χ4v) is 3.81. The van der Waals surface area contributed by atoms with Crippen molar-refractivity contribution in [2.45, 2.75) is 63.3 Å². The van der Waals surface area contributed by atoms with Crippen LogP contribution < -0.4 is 11.3 Å². The maximum absolute atomic E-state index is 5.79. The summed E-state index contributed by atoms with van der Waals surface area (Å²) in [5.41, 5.74) is 6.23. The van der Waals surface area contributed by atoms with Crippen LogP contribution in [-0.4, -0.2) is 6.04 Å². The Morgan fingerprint density at radius 1 is 1.11 bits per heavy atom. The molecule has 0 spiro atoms. The third kappa shape index (κ3) is 3.01. The third-order valence-corrected chi connectivity index (χ3v) is 5.14. The average Bonchev–Trinajstić information content (AvgIpc) is 2.41. The topological polar surface area (TPSA) is 38.0 Å². The van der Waals surface area contributed by atoms with Gasteiger partial charge in [-0.1, -0.05) is 43.5 Å². The number of benzene rings is 1. The molecule has 2 aliphatic carbocycles. The zero-order chi connectivity index (χ0) is 13.1. The minimum atomic E-state index is 0.501. The fourth-order valence-electron chi connectivity index (χ4n) is 3.81. The molecule has 2 unspecified atom stereocenters. The summed E-state index contributed by atoms with van der Waals surface area (Å²) in [5, 5.41) is 0. The number of hydrogen-bond acceptors (Lipinski definition) is 2. The van der Waals surface area contributed by atoms with E-state index < -0.39 is 0 Å². The smallest absolute Gasteiger partial charge is 0.0219 e. The van der Waals surface area contributed by atoms with Gasteiger partial charge in [-0.15, -0.1) is 0 Å². The van der Waals surface area contributed by atoms with E-state index in [0.29, 0.717) is 12.0 Å². The summed E-state index contributed by atoms with van der Waals surface area (Å²) in [6, 6.07) is 9.50. The predicted octanol–water partition coefficient (Wildman–Crippen LogP) is 3.52. The molecule has 0 aromatic heterocycles. The molecule has 0 bridgehead atoms. The van der Waals surface area contributed by atoms with Crippen LogP contribution in [0.4, 0.5) is 0 Å². The summed E-state index contributed by atoms with van der Waals surface area (Å²) in [6.07, 6.45) is 10.7. The fraction of sp³-hybridized carbons (Fsp3) is 0.647. The summed E-state index contributed by atoms with van der Waals surface area (Å²) < 4.78 is 0. The molecule has 0 heterocycles. The van der Waals surface area contributed by atoms with Gasteiger partial charge in [0, 0.05) is 6.04 Å². The van der Waals surface area contributed by atoms with E-state index in [-0.39, 0.29) is 0 Å². The first-order valence-corrected chi connectivity index (χ1v) is 7.90. The molecule has 0 aliphatic heterocycles. The Balaban J connectivity index is 1.65. The van der Waals surface area contributed by atoms with E-state index in [1.807, 2.05) is 0 Å². The molecule has 3 rings (SSSR count). The molecule has 0 amide bonds. The number of hydrogen-bond donors (Lipinski definition) is 2. The van der Waals surface area contributed by atoms with Crippen LogP contribution in [-0.2, 0) is 6.42 Å². The van der Waals surface area contributed by atoms with Gasteiger partial charge >= 0.3 is 0 Å². The van der Waals surface area contributed by atoms with Crippen LogP contribution in [0.2, 0.25) is 0 Å². The molecule has 2 heteroatoms. The van der Waals surface area contributed by atoms with E-state index in [1.54, 1.807) is 11.1 Å². The van der Waals surface area contributed by atoms with Gasteiger partial charge in [0.05, 0.1) is 0 Å². The lowest BCUT2D eigenvalue weighted by Crippen LogP contribution is -2.39. The summed E-state index contributed by atoms with van der Waals surface area (Å²) in [6.45, 7) is 0. The maximum Gasteiger partial charge on any atom is 0.0219 e. The Bertz CT molecular complexity index is 411. The van der Waals surface area contributed by atoms with Crippen LogP contribution >= 0.6 is 0 Å². The zero-order valence-electron chi connectivity index (χ0n) is 11.8. The Hall–Kier alpha value is -0.860. The van der Waals surface area contributed by atoms with Gasteiger partial charge in [-0.3, -0.25) is 11.3 Å². The van der Waals surface area contributed by atoms with Crippen LogP contribution in [0.1, 0.15) is 62.0 Å². The number of aryl methyl sites for hydroxylation is 1. The van der Waals surface area contributed by atoms with Crippen LogP contribution in [0.15, 0.2) is 24.3 Å². The summed E-state index contributed by atoms with van der Waals surface area (Å²) in [5.74, 6) is 7.43. The Morgan fingerprint density at radius 3 is 2.68 bits per heavy atom. The average molecular weight is 258 g/mol. The lowest BCUT2D eigenvalue weighted by molar-refractivity contribution is 0.247. The van der Waals surface area contributed by atoms with E-state index in [4.69, 9.17) is 5.84 Å². The van der Waals surface area contributed by atoms with E-state index in [9.17, 15) is 0 Å². The van der Waals surface area contributed by atoms with Gasteiger partial charge in [-0.05, 0) is 55.1 Å². The van der Waals surface area contributed by atoms with Gasteiger partial charge in [0.25, 0.3) is 0 Å². The van der Waals surface area contributed by atoms with Crippen LogP contribution in [0.25, 0.3) is 0 Å². The first kappa shape index (κ1) is 13.1. The minimum Gasteiger partial charge on any atom is -0.271 e. The zero-order valence-corrected chi connectivity index (χ0v) is 11.8. The Morgan fingerprint density at radius 2 is 1.95 bits per heavy atom. The van der Waals surface area contributed by atoms with Crippen LogP contribution in [0.3, 0.4) is 0 Å². The molecule has 2 nitrogen and oxygen atoms in total. The molecule has 0 saturated heterocycles. The monoisotopic (exact) mass is 258 g/mol. The molecular weight excluding hydrogens is 232 g/mol. The second-order valence-corrected chi connectivity index (χ2v) is 6.42. The highest BCUT2D eigenvalue weighted by molar-refractivity contribution is 5.32. The van der Waals surface area contributed by atoms with Crippen molar-refractivity contribution in [3.8, 4) is 0 Å². The van der Waals surface area contributed by atoms with Gasteiger partial charge in [0.15, 0.2) is 0 Å². The van der Waals surface area contributed by atoms with Crippen molar-refractivity contribution in [3.63, 3.8) is 0 Å². The summed E-state index contributed by atoms with van der Waals surface area (Å²) in [7, 11) is 0. The molecule has 19 heavy (non-hydrogen) atoms. The normalized spacial score (nSPS) is 24.6. The molecule has 0 radical (unpaired) electrons. The molecule has 2 atom stereocenters. The number of rotatable bonds is 5. The van der Waals surface area contributed by atoms with Crippen molar-refractivity contribution < 1.29 is 0 Å². The molecule has 1 saturated carbocycles. The van der Waals surface area contributed by atoms with E-state index in [2.05, 4.69) is 29.7 Å². The second kappa shape index (κ2) is 6.06. The molecule has 3 N–H and O–H groups in total. The van der Waals surface area contributed by atoms with Crippen LogP contribution in [0, 0.1) is 5.92 Å².